The SMILES string of the molecule is C[C@@H]1CCC(CN2CCCCC2)C(c2cccc(Cl)c2)(c2cccc(Cl)c2)C1. The second kappa shape index (κ2) is 8.78. The minimum atomic E-state index is -0.0229. The number of piperidine rings is 1. The van der Waals surface area contributed by atoms with E-state index in [1.54, 1.807) is 0 Å². The van der Waals surface area contributed by atoms with Crippen LogP contribution in [-0.2, 0) is 5.41 Å². The normalized spacial score (nSPS) is 25.5. The van der Waals surface area contributed by atoms with Gasteiger partial charge in [-0.15, -0.1) is 0 Å². The molecule has 1 saturated carbocycles. The van der Waals surface area contributed by atoms with Gasteiger partial charge in [0.25, 0.3) is 0 Å². The van der Waals surface area contributed by atoms with E-state index in [1.165, 1.54) is 62.9 Å². The van der Waals surface area contributed by atoms with Crippen molar-refractivity contribution in [1.29, 1.82) is 0 Å². The minimum absolute atomic E-state index is 0.0229. The molecule has 2 atom stereocenters. The molecule has 1 unspecified atom stereocenters. The van der Waals surface area contributed by atoms with Gasteiger partial charge in [-0.05, 0) is 86.0 Å². The van der Waals surface area contributed by atoms with E-state index in [0.29, 0.717) is 11.8 Å². The minimum Gasteiger partial charge on any atom is -0.303 e. The Morgan fingerprint density at radius 1 is 0.893 bits per heavy atom. The van der Waals surface area contributed by atoms with Crippen LogP contribution in [0.3, 0.4) is 0 Å². The Balaban J connectivity index is 1.82. The molecule has 1 saturated heterocycles. The van der Waals surface area contributed by atoms with Gasteiger partial charge in [-0.1, -0.05) is 67.2 Å². The zero-order valence-electron chi connectivity index (χ0n) is 16.8. The molecule has 150 valence electrons. The van der Waals surface area contributed by atoms with Gasteiger partial charge in [-0.3, -0.25) is 0 Å². The van der Waals surface area contributed by atoms with Crippen LogP contribution in [0.4, 0.5) is 0 Å². The van der Waals surface area contributed by atoms with Crippen molar-refractivity contribution in [2.45, 2.75) is 50.9 Å². The van der Waals surface area contributed by atoms with Crippen molar-refractivity contribution in [3.8, 4) is 0 Å². The maximum atomic E-state index is 6.48. The summed E-state index contributed by atoms with van der Waals surface area (Å²) in [6.07, 6.45) is 7.78. The van der Waals surface area contributed by atoms with Crippen molar-refractivity contribution in [3.05, 3.63) is 69.7 Å². The summed E-state index contributed by atoms with van der Waals surface area (Å²) in [6.45, 7) is 6.06. The molecule has 0 amide bonds. The Kier molecular flexibility index (Phi) is 6.35. The van der Waals surface area contributed by atoms with Crippen LogP contribution in [0.1, 0.15) is 56.6 Å². The zero-order chi connectivity index (χ0) is 19.6. The molecule has 2 aromatic rings. The Labute approximate surface area is 180 Å². The third-order valence-electron chi connectivity index (χ3n) is 6.98. The highest BCUT2D eigenvalue weighted by molar-refractivity contribution is 6.31. The van der Waals surface area contributed by atoms with E-state index in [2.05, 4.69) is 48.2 Å². The van der Waals surface area contributed by atoms with Crippen molar-refractivity contribution >= 4 is 23.2 Å². The number of likely N-dealkylation sites (tertiary alicyclic amines) is 1. The predicted molar refractivity (Wildman–Crippen MR) is 120 cm³/mol. The number of hydrogen-bond acceptors (Lipinski definition) is 1. The fourth-order valence-corrected chi connectivity index (χ4v) is 6.04. The van der Waals surface area contributed by atoms with E-state index in [1.807, 2.05) is 12.1 Å². The van der Waals surface area contributed by atoms with Gasteiger partial charge in [0.2, 0.25) is 0 Å². The average molecular weight is 416 g/mol. The zero-order valence-corrected chi connectivity index (χ0v) is 18.4. The third kappa shape index (κ3) is 4.13. The first-order valence-electron chi connectivity index (χ1n) is 10.8. The smallest absolute Gasteiger partial charge is 0.0409 e. The Hall–Kier alpha value is -1.02. The summed E-state index contributed by atoms with van der Waals surface area (Å²) >= 11 is 13.0. The molecule has 0 N–H and O–H groups in total. The molecule has 2 aromatic carbocycles. The Morgan fingerprint density at radius 3 is 2.07 bits per heavy atom. The van der Waals surface area contributed by atoms with Crippen molar-refractivity contribution in [2.24, 2.45) is 11.8 Å². The first-order chi connectivity index (χ1) is 13.6. The van der Waals surface area contributed by atoms with Crippen LogP contribution < -0.4 is 0 Å². The standard InChI is InChI=1S/C25H31Cl2N/c1-19-11-12-22(18-28-13-3-2-4-14-28)25(17-19,20-7-5-9-23(26)15-20)21-8-6-10-24(27)16-21/h5-10,15-16,19,22H,2-4,11-14,17-18H2,1H3/t19-,22?/m1/s1. The van der Waals surface area contributed by atoms with E-state index in [4.69, 9.17) is 23.2 Å². The maximum Gasteiger partial charge on any atom is 0.0409 e. The van der Waals surface area contributed by atoms with Crippen LogP contribution in [-0.4, -0.2) is 24.5 Å². The molecule has 3 heteroatoms. The first-order valence-corrected chi connectivity index (χ1v) is 11.6. The topological polar surface area (TPSA) is 3.24 Å². The van der Waals surface area contributed by atoms with E-state index in [0.717, 1.165) is 16.5 Å². The summed E-state index contributed by atoms with van der Waals surface area (Å²) in [5.74, 6) is 1.27. The lowest BCUT2D eigenvalue weighted by atomic mass is 9.56. The van der Waals surface area contributed by atoms with Gasteiger partial charge in [0, 0.05) is 22.0 Å². The van der Waals surface area contributed by atoms with Gasteiger partial charge < -0.3 is 4.90 Å². The van der Waals surface area contributed by atoms with E-state index >= 15 is 0 Å². The summed E-state index contributed by atoms with van der Waals surface area (Å²) in [5.41, 5.74) is 2.69. The van der Waals surface area contributed by atoms with Gasteiger partial charge in [0.1, 0.15) is 0 Å². The van der Waals surface area contributed by atoms with Crippen molar-refractivity contribution in [1.82, 2.24) is 4.90 Å². The van der Waals surface area contributed by atoms with Crippen LogP contribution >= 0.6 is 23.2 Å². The third-order valence-corrected chi connectivity index (χ3v) is 7.45. The molecule has 2 fully saturated rings. The van der Waals surface area contributed by atoms with Crippen LogP contribution in [0.2, 0.25) is 10.0 Å². The number of halogens is 2. The number of hydrogen-bond donors (Lipinski definition) is 0. The summed E-state index contributed by atoms with van der Waals surface area (Å²) in [7, 11) is 0. The van der Waals surface area contributed by atoms with E-state index < -0.39 is 0 Å². The summed E-state index contributed by atoms with van der Waals surface area (Å²) < 4.78 is 0. The summed E-state index contributed by atoms with van der Waals surface area (Å²) in [4.78, 5) is 2.70. The molecule has 0 spiro atoms. The Bertz CT molecular complexity index is 751. The molecule has 1 heterocycles. The number of rotatable bonds is 4. The molecule has 4 rings (SSSR count). The van der Waals surface area contributed by atoms with Gasteiger partial charge in [-0.25, -0.2) is 0 Å². The maximum absolute atomic E-state index is 6.48. The predicted octanol–water partition coefficient (Wildman–Crippen LogP) is 7.20. The molecular weight excluding hydrogens is 385 g/mol. The highest BCUT2D eigenvalue weighted by atomic mass is 35.5. The summed E-state index contributed by atoms with van der Waals surface area (Å²) in [5, 5.41) is 1.66. The number of benzene rings is 2. The second-order valence-electron chi connectivity index (χ2n) is 8.94. The molecule has 1 nitrogen and oxygen atoms in total. The van der Waals surface area contributed by atoms with Crippen molar-refractivity contribution < 1.29 is 0 Å². The lowest BCUT2D eigenvalue weighted by Crippen LogP contribution is -2.48. The van der Waals surface area contributed by atoms with Crippen LogP contribution in [0, 0.1) is 11.8 Å². The second-order valence-corrected chi connectivity index (χ2v) is 9.81. The average Bonchev–Trinajstić information content (AvgIpc) is 2.70. The molecular formula is C25H31Cl2N. The van der Waals surface area contributed by atoms with Gasteiger partial charge in [0.15, 0.2) is 0 Å². The van der Waals surface area contributed by atoms with Crippen molar-refractivity contribution in [3.63, 3.8) is 0 Å². The lowest BCUT2D eigenvalue weighted by molar-refractivity contribution is 0.110. The van der Waals surface area contributed by atoms with E-state index in [-0.39, 0.29) is 5.41 Å². The van der Waals surface area contributed by atoms with Crippen LogP contribution in [0.25, 0.3) is 0 Å². The lowest BCUT2D eigenvalue weighted by Gasteiger charge is -2.49. The van der Waals surface area contributed by atoms with Gasteiger partial charge in [0.05, 0.1) is 0 Å². The largest absolute Gasteiger partial charge is 0.303 e. The molecule has 0 bridgehead atoms. The van der Waals surface area contributed by atoms with Crippen LogP contribution in [0.5, 0.6) is 0 Å². The highest BCUT2D eigenvalue weighted by Gasteiger charge is 2.46. The molecule has 2 aliphatic rings. The molecule has 28 heavy (non-hydrogen) atoms. The van der Waals surface area contributed by atoms with Crippen LogP contribution in [0.15, 0.2) is 48.5 Å². The monoisotopic (exact) mass is 415 g/mol. The fourth-order valence-electron chi connectivity index (χ4n) is 5.66. The quantitative estimate of drug-likeness (QED) is 0.509. The summed E-state index contributed by atoms with van der Waals surface area (Å²) in [6, 6.07) is 17.2. The molecule has 0 radical (unpaired) electrons. The number of nitrogens with zero attached hydrogens (tertiary/aromatic N) is 1. The molecule has 1 aliphatic carbocycles. The molecule has 1 aliphatic heterocycles. The van der Waals surface area contributed by atoms with E-state index in [9.17, 15) is 0 Å². The van der Waals surface area contributed by atoms with Gasteiger partial charge >= 0.3 is 0 Å². The Morgan fingerprint density at radius 2 is 1.50 bits per heavy atom. The van der Waals surface area contributed by atoms with Gasteiger partial charge in [-0.2, -0.15) is 0 Å². The first kappa shape index (κ1) is 20.3. The fraction of sp³-hybridized carbons (Fsp3) is 0.520. The molecule has 0 aromatic heterocycles. The van der Waals surface area contributed by atoms with Crippen molar-refractivity contribution in [2.75, 3.05) is 19.6 Å². The highest BCUT2D eigenvalue weighted by Crippen LogP contribution is 2.51.